The Bertz CT molecular complexity index is 928. The van der Waals surface area contributed by atoms with E-state index < -0.39 is 16.9 Å². The Morgan fingerprint density at radius 1 is 1.00 bits per heavy atom. The molecule has 2 N–H and O–H groups in total. The summed E-state index contributed by atoms with van der Waals surface area (Å²) < 4.78 is 11.1. The fourth-order valence-electron chi connectivity index (χ4n) is 6.25. The predicted molar refractivity (Wildman–Crippen MR) is 153 cm³/mol. The van der Waals surface area contributed by atoms with E-state index in [1.54, 1.807) is 0 Å². The molecule has 0 aromatic heterocycles. The lowest BCUT2D eigenvalue weighted by molar-refractivity contribution is -0.163. The highest BCUT2D eigenvalue weighted by Gasteiger charge is 2.47. The highest BCUT2D eigenvalue weighted by molar-refractivity contribution is 5.84. The molecule has 1 aromatic carbocycles. The first-order valence-electron chi connectivity index (χ1n) is 15.0. The van der Waals surface area contributed by atoms with Crippen LogP contribution in [0.1, 0.15) is 104 Å². The third-order valence-electron chi connectivity index (χ3n) is 8.38. The Morgan fingerprint density at radius 2 is 1.64 bits per heavy atom. The second-order valence-electron chi connectivity index (χ2n) is 12.5. The van der Waals surface area contributed by atoms with Gasteiger partial charge in [-0.05, 0) is 84.6 Å². The molecular weight excluding hydrogens is 492 g/mol. The van der Waals surface area contributed by atoms with Gasteiger partial charge in [-0.3, -0.25) is 14.4 Å². The van der Waals surface area contributed by atoms with Crippen molar-refractivity contribution in [1.29, 1.82) is 0 Å². The van der Waals surface area contributed by atoms with Gasteiger partial charge < -0.3 is 20.1 Å². The van der Waals surface area contributed by atoms with Gasteiger partial charge in [-0.15, -0.1) is 0 Å². The number of amides is 1. The first-order valence-corrected chi connectivity index (χ1v) is 15.0. The summed E-state index contributed by atoms with van der Waals surface area (Å²) in [6.45, 7) is 10.7. The minimum Gasteiger partial charge on any atom is -0.466 e. The standard InChI is InChI=1S/C32H50N2O5/c1-6-27(33-22-23-13-9-8-10-14-23)26(29(36)39-31(3,4)5)21-32(19-11-12-20-32)30(37)34-25-17-15-24(16-18-25)28(35)38-7-2/h8-10,13-14,24-27,33H,6-7,11-12,15-22H2,1-5H3,(H,34,37). The molecule has 0 radical (unpaired) electrons. The van der Waals surface area contributed by atoms with Gasteiger partial charge in [0.25, 0.3) is 0 Å². The quantitative estimate of drug-likeness (QED) is 0.329. The summed E-state index contributed by atoms with van der Waals surface area (Å²) in [5.74, 6) is -0.796. The molecule has 39 heavy (non-hydrogen) atoms. The van der Waals surface area contributed by atoms with E-state index in [0.717, 1.165) is 63.4 Å². The average molecular weight is 543 g/mol. The molecule has 2 unspecified atom stereocenters. The summed E-state index contributed by atoms with van der Waals surface area (Å²) in [7, 11) is 0. The van der Waals surface area contributed by atoms with Crippen LogP contribution in [0.15, 0.2) is 30.3 Å². The smallest absolute Gasteiger partial charge is 0.311 e. The van der Waals surface area contributed by atoms with Gasteiger partial charge in [-0.1, -0.05) is 50.1 Å². The van der Waals surface area contributed by atoms with Crippen LogP contribution in [0.5, 0.6) is 0 Å². The summed E-state index contributed by atoms with van der Waals surface area (Å²) in [6, 6.07) is 10.1. The molecule has 7 heteroatoms. The van der Waals surface area contributed by atoms with Crippen LogP contribution in [0.25, 0.3) is 0 Å². The fraction of sp³-hybridized carbons (Fsp3) is 0.719. The van der Waals surface area contributed by atoms with E-state index in [1.807, 2.05) is 45.9 Å². The maximum Gasteiger partial charge on any atom is 0.311 e. The largest absolute Gasteiger partial charge is 0.466 e. The summed E-state index contributed by atoms with van der Waals surface area (Å²) in [5.41, 5.74) is -0.0254. The summed E-state index contributed by atoms with van der Waals surface area (Å²) in [6.07, 6.45) is 7.79. The number of carbonyl (C=O) groups is 3. The normalized spacial score (nSPS) is 22.5. The van der Waals surface area contributed by atoms with Gasteiger partial charge in [0.15, 0.2) is 0 Å². The Morgan fingerprint density at radius 3 is 2.21 bits per heavy atom. The zero-order valence-corrected chi connectivity index (χ0v) is 24.7. The number of hydrogen-bond donors (Lipinski definition) is 2. The minimum atomic E-state index is -0.601. The molecule has 2 aliphatic carbocycles. The molecule has 0 heterocycles. The zero-order chi connectivity index (χ0) is 28.5. The maximum absolute atomic E-state index is 13.9. The van der Waals surface area contributed by atoms with Crippen LogP contribution in [-0.2, 0) is 30.4 Å². The van der Waals surface area contributed by atoms with E-state index in [1.165, 1.54) is 0 Å². The number of rotatable bonds is 12. The van der Waals surface area contributed by atoms with Crippen molar-refractivity contribution in [2.75, 3.05) is 6.61 Å². The first kappa shape index (κ1) is 31.1. The van der Waals surface area contributed by atoms with Gasteiger partial charge in [-0.2, -0.15) is 0 Å². The van der Waals surface area contributed by atoms with Gasteiger partial charge in [0.1, 0.15) is 5.60 Å². The molecule has 1 amide bonds. The molecule has 3 rings (SSSR count). The molecule has 0 aliphatic heterocycles. The van der Waals surface area contributed by atoms with E-state index in [9.17, 15) is 14.4 Å². The van der Waals surface area contributed by atoms with Crippen LogP contribution in [0, 0.1) is 17.3 Å². The first-order chi connectivity index (χ1) is 18.6. The number of benzene rings is 1. The molecule has 2 atom stereocenters. The molecular formula is C32H50N2O5. The molecule has 1 aromatic rings. The van der Waals surface area contributed by atoms with E-state index >= 15 is 0 Å². The SMILES string of the molecule is CCOC(=O)C1CCC(NC(=O)C2(CC(C(=O)OC(C)(C)C)C(CC)NCc3ccccc3)CCCC2)CC1. The van der Waals surface area contributed by atoms with Gasteiger partial charge in [0, 0.05) is 18.6 Å². The number of esters is 2. The molecule has 2 saturated carbocycles. The molecule has 2 fully saturated rings. The van der Waals surface area contributed by atoms with Crippen molar-refractivity contribution in [2.45, 2.75) is 123 Å². The van der Waals surface area contributed by atoms with Gasteiger partial charge in [0.2, 0.25) is 5.91 Å². The second kappa shape index (κ2) is 14.3. The van der Waals surface area contributed by atoms with Crippen molar-refractivity contribution in [2.24, 2.45) is 17.3 Å². The van der Waals surface area contributed by atoms with E-state index in [-0.39, 0.29) is 35.8 Å². The Labute approximate surface area is 235 Å². The molecule has 7 nitrogen and oxygen atoms in total. The van der Waals surface area contributed by atoms with E-state index in [0.29, 0.717) is 19.6 Å². The lowest BCUT2D eigenvalue weighted by Gasteiger charge is -2.37. The Kier molecular flexibility index (Phi) is 11.4. The molecule has 0 saturated heterocycles. The van der Waals surface area contributed by atoms with Crippen molar-refractivity contribution < 1.29 is 23.9 Å². The monoisotopic (exact) mass is 542 g/mol. The predicted octanol–water partition coefficient (Wildman–Crippen LogP) is 5.70. The Balaban J connectivity index is 1.73. The number of ether oxygens (including phenoxy) is 2. The topological polar surface area (TPSA) is 93.7 Å². The van der Waals surface area contributed by atoms with Gasteiger partial charge in [-0.25, -0.2) is 0 Å². The average Bonchev–Trinajstić information content (AvgIpc) is 3.38. The lowest BCUT2D eigenvalue weighted by atomic mass is 9.73. The molecule has 2 aliphatic rings. The number of carbonyl (C=O) groups excluding carboxylic acids is 3. The second-order valence-corrected chi connectivity index (χ2v) is 12.5. The zero-order valence-electron chi connectivity index (χ0n) is 24.7. The highest BCUT2D eigenvalue weighted by atomic mass is 16.6. The van der Waals surface area contributed by atoms with Crippen LogP contribution >= 0.6 is 0 Å². The van der Waals surface area contributed by atoms with Gasteiger partial charge >= 0.3 is 11.9 Å². The molecule has 0 bridgehead atoms. The van der Waals surface area contributed by atoms with Gasteiger partial charge in [0.05, 0.1) is 23.9 Å². The van der Waals surface area contributed by atoms with Crippen LogP contribution in [-0.4, -0.2) is 42.1 Å². The van der Waals surface area contributed by atoms with E-state index in [2.05, 4.69) is 29.7 Å². The summed E-state index contributed by atoms with van der Waals surface area (Å²) in [5, 5.41) is 6.95. The molecule has 218 valence electrons. The van der Waals surface area contributed by atoms with Crippen molar-refractivity contribution in [3.05, 3.63) is 35.9 Å². The Hall–Kier alpha value is -2.41. The van der Waals surface area contributed by atoms with Crippen LogP contribution in [0.3, 0.4) is 0 Å². The minimum absolute atomic E-state index is 0.0544. The summed E-state index contributed by atoms with van der Waals surface area (Å²) >= 11 is 0. The van der Waals surface area contributed by atoms with Crippen molar-refractivity contribution in [1.82, 2.24) is 10.6 Å². The van der Waals surface area contributed by atoms with E-state index in [4.69, 9.17) is 9.47 Å². The third-order valence-corrected chi connectivity index (χ3v) is 8.38. The van der Waals surface area contributed by atoms with Crippen LogP contribution in [0.4, 0.5) is 0 Å². The lowest BCUT2D eigenvalue weighted by Crippen LogP contribution is -2.50. The van der Waals surface area contributed by atoms with Crippen molar-refractivity contribution in [3.8, 4) is 0 Å². The highest BCUT2D eigenvalue weighted by Crippen LogP contribution is 2.45. The number of nitrogens with one attached hydrogen (secondary N) is 2. The number of hydrogen-bond acceptors (Lipinski definition) is 6. The molecule has 0 spiro atoms. The third kappa shape index (κ3) is 9.06. The fourth-order valence-corrected chi connectivity index (χ4v) is 6.25. The summed E-state index contributed by atoms with van der Waals surface area (Å²) in [4.78, 5) is 39.7. The van der Waals surface area contributed by atoms with Crippen molar-refractivity contribution in [3.63, 3.8) is 0 Å². The van der Waals surface area contributed by atoms with Crippen LogP contribution in [0.2, 0.25) is 0 Å². The maximum atomic E-state index is 13.9. The van der Waals surface area contributed by atoms with Crippen molar-refractivity contribution >= 4 is 17.8 Å². The van der Waals surface area contributed by atoms with Crippen LogP contribution < -0.4 is 10.6 Å².